The molecule has 204 valence electrons. The molecule has 4 aromatic rings. The van der Waals surface area contributed by atoms with Crippen molar-refractivity contribution in [2.24, 2.45) is 0 Å². The Bertz CT molecular complexity index is 1450. The van der Waals surface area contributed by atoms with Gasteiger partial charge in [-0.1, -0.05) is 36.4 Å². The molecule has 1 saturated heterocycles. The Kier molecular flexibility index (Phi) is 8.82. The highest BCUT2D eigenvalue weighted by Crippen LogP contribution is 2.39. The van der Waals surface area contributed by atoms with Gasteiger partial charge in [-0.25, -0.2) is 9.78 Å². The fourth-order valence-corrected chi connectivity index (χ4v) is 5.29. The summed E-state index contributed by atoms with van der Waals surface area (Å²) in [7, 11) is 0. The van der Waals surface area contributed by atoms with E-state index in [9.17, 15) is 19.8 Å². The Morgan fingerprint density at radius 1 is 0.950 bits per heavy atom. The van der Waals surface area contributed by atoms with Crippen molar-refractivity contribution in [3.8, 4) is 0 Å². The van der Waals surface area contributed by atoms with E-state index >= 15 is 0 Å². The van der Waals surface area contributed by atoms with Gasteiger partial charge in [0.2, 0.25) is 0 Å². The number of carboxylic acids is 1. The van der Waals surface area contributed by atoms with Crippen LogP contribution in [0.3, 0.4) is 0 Å². The molecule has 2 aromatic heterocycles. The second-order valence-electron chi connectivity index (χ2n) is 9.14. The van der Waals surface area contributed by atoms with E-state index in [2.05, 4.69) is 15.3 Å². The Hall–Kier alpha value is -4.09. The highest BCUT2D eigenvalue weighted by molar-refractivity contribution is 7.99. The monoisotopic (exact) mass is 557 g/mol. The number of pyridine rings is 2. The lowest BCUT2D eigenvalue weighted by atomic mass is 10.0. The van der Waals surface area contributed by atoms with Gasteiger partial charge in [0.1, 0.15) is 5.03 Å². The minimum Gasteiger partial charge on any atom is -0.478 e. The summed E-state index contributed by atoms with van der Waals surface area (Å²) < 4.78 is 12.7. The maximum absolute atomic E-state index is 12.5. The van der Waals surface area contributed by atoms with Crippen LogP contribution in [0.2, 0.25) is 0 Å². The fourth-order valence-electron chi connectivity index (χ4n) is 4.29. The van der Waals surface area contributed by atoms with Crippen LogP contribution >= 0.6 is 11.8 Å². The van der Waals surface area contributed by atoms with Crippen LogP contribution in [0, 0.1) is 0 Å². The standard InChI is InChI=1S/C30H27N3O6S/c34-17-19-5-7-20(8-6-19)26-15-24(18-40-28-25(29(36)37)4-2-14-32-28)38-30(39-26)21-9-11-23(12-10-21)33-27(35)22-3-1-13-31-16-22/h1-14,16,24,26,30,34H,15,17-18H2,(H,33,35)(H,36,37)/t24-,26+,30+/m0/s1. The number of benzene rings is 2. The predicted octanol–water partition coefficient (Wildman–Crippen LogP) is 5.26. The van der Waals surface area contributed by atoms with Crippen molar-refractivity contribution in [2.45, 2.75) is 36.6 Å². The maximum atomic E-state index is 12.5. The summed E-state index contributed by atoms with van der Waals surface area (Å²) >= 11 is 1.33. The molecule has 3 atom stereocenters. The van der Waals surface area contributed by atoms with Crippen molar-refractivity contribution in [3.05, 3.63) is 119 Å². The number of ether oxygens (including phenoxy) is 2. The zero-order valence-electron chi connectivity index (χ0n) is 21.3. The first-order valence-corrected chi connectivity index (χ1v) is 13.6. The Balaban J connectivity index is 1.33. The molecule has 1 aliphatic rings. The first-order valence-electron chi connectivity index (χ1n) is 12.6. The number of carbonyl (C=O) groups excluding carboxylic acids is 1. The molecule has 0 radical (unpaired) electrons. The summed E-state index contributed by atoms with van der Waals surface area (Å²) in [5, 5.41) is 22.2. The van der Waals surface area contributed by atoms with E-state index in [-0.39, 0.29) is 30.3 Å². The molecule has 1 fully saturated rings. The number of amides is 1. The van der Waals surface area contributed by atoms with Gasteiger partial charge in [0.15, 0.2) is 6.29 Å². The number of aliphatic hydroxyl groups is 1. The average Bonchev–Trinajstić information content (AvgIpc) is 3.01. The zero-order chi connectivity index (χ0) is 27.9. The fraction of sp³-hybridized carbons (Fsp3) is 0.200. The first-order chi connectivity index (χ1) is 19.5. The van der Waals surface area contributed by atoms with E-state index in [1.165, 1.54) is 24.0 Å². The number of nitrogens with one attached hydrogen (secondary N) is 1. The molecular formula is C30H27N3O6S. The molecule has 2 aromatic carbocycles. The number of aliphatic hydroxyl groups excluding tert-OH is 1. The summed E-state index contributed by atoms with van der Waals surface area (Å²) in [6.45, 7) is -0.0452. The molecule has 1 amide bonds. The third-order valence-corrected chi connectivity index (χ3v) is 7.52. The van der Waals surface area contributed by atoms with E-state index < -0.39 is 12.3 Å². The summed E-state index contributed by atoms with van der Waals surface area (Å²) in [5.74, 6) is -0.814. The van der Waals surface area contributed by atoms with Crippen LogP contribution in [-0.4, -0.2) is 43.9 Å². The molecule has 3 heterocycles. The minimum atomic E-state index is -1.03. The molecular weight excluding hydrogens is 530 g/mol. The Labute approximate surface area is 235 Å². The van der Waals surface area contributed by atoms with Crippen molar-refractivity contribution in [2.75, 3.05) is 11.1 Å². The molecule has 0 saturated carbocycles. The van der Waals surface area contributed by atoms with E-state index in [1.807, 2.05) is 36.4 Å². The van der Waals surface area contributed by atoms with Gasteiger partial charge in [0.05, 0.1) is 29.9 Å². The van der Waals surface area contributed by atoms with Gasteiger partial charge in [-0.3, -0.25) is 9.78 Å². The van der Waals surface area contributed by atoms with E-state index in [4.69, 9.17) is 9.47 Å². The largest absolute Gasteiger partial charge is 0.478 e. The third-order valence-electron chi connectivity index (χ3n) is 6.39. The lowest BCUT2D eigenvalue weighted by molar-refractivity contribution is -0.245. The van der Waals surface area contributed by atoms with E-state index in [1.54, 1.807) is 42.7 Å². The van der Waals surface area contributed by atoms with Crippen molar-refractivity contribution in [1.29, 1.82) is 0 Å². The van der Waals surface area contributed by atoms with Gasteiger partial charge in [-0.15, -0.1) is 11.8 Å². The average molecular weight is 558 g/mol. The number of hydrogen-bond acceptors (Lipinski definition) is 8. The van der Waals surface area contributed by atoms with Gasteiger partial charge < -0.3 is 25.0 Å². The SMILES string of the molecule is O=C(Nc1ccc([C@@H]2O[C@H](CSc3ncccc3C(=O)O)C[C@H](c3ccc(CO)cc3)O2)cc1)c1cccnc1. The van der Waals surface area contributed by atoms with Gasteiger partial charge >= 0.3 is 5.97 Å². The van der Waals surface area contributed by atoms with Crippen LogP contribution in [0.25, 0.3) is 0 Å². The number of nitrogens with zero attached hydrogens (tertiary/aromatic N) is 2. The summed E-state index contributed by atoms with van der Waals surface area (Å²) in [6, 6.07) is 21.4. The predicted molar refractivity (Wildman–Crippen MR) is 149 cm³/mol. The number of anilines is 1. The molecule has 0 bridgehead atoms. The number of carbonyl (C=O) groups is 2. The van der Waals surface area contributed by atoms with Gasteiger partial charge in [-0.2, -0.15) is 0 Å². The number of hydrogen-bond donors (Lipinski definition) is 3. The molecule has 0 spiro atoms. The number of aromatic carboxylic acids is 1. The smallest absolute Gasteiger partial charge is 0.338 e. The molecule has 3 N–H and O–H groups in total. The number of rotatable bonds is 9. The van der Waals surface area contributed by atoms with Crippen molar-refractivity contribution >= 4 is 29.3 Å². The molecule has 0 unspecified atom stereocenters. The Morgan fingerprint density at radius 2 is 1.70 bits per heavy atom. The van der Waals surface area contributed by atoms with Crippen LogP contribution in [0.4, 0.5) is 5.69 Å². The highest BCUT2D eigenvalue weighted by Gasteiger charge is 2.32. The molecule has 10 heteroatoms. The topological polar surface area (TPSA) is 131 Å². The lowest BCUT2D eigenvalue weighted by Gasteiger charge is -2.36. The van der Waals surface area contributed by atoms with Crippen LogP contribution in [0.1, 0.15) is 56.2 Å². The minimum absolute atomic E-state index is 0.0452. The van der Waals surface area contributed by atoms with Crippen molar-refractivity contribution in [3.63, 3.8) is 0 Å². The zero-order valence-corrected chi connectivity index (χ0v) is 22.2. The van der Waals surface area contributed by atoms with Gasteiger partial charge in [-0.05, 0) is 47.5 Å². The van der Waals surface area contributed by atoms with E-state index in [0.717, 1.165) is 16.7 Å². The maximum Gasteiger partial charge on any atom is 0.338 e. The molecule has 5 rings (SSSR count). The quantitative estimate of drug-likeness (QED) is 0.236. The summed E-state index contributed by atoms with van der Waals surface area (Å²) in [4.78, 5) is 32.3. The number of aromatic nitrogens is 2. The van der Waals surface area contributed by atoms with Crippen LogP contribution < -0.4 is 5.32 Å². The second kappa shape index (κ2) is 12.8. The molecule has 40 heavy (non-hydrogen) atoms. The molecule has 9 nitrogen and oxygen atoms in total. The molecule has 1 aliphatic heterocycles. The lowest BCUT2D eigenvalue weighted by Crippen LogP contribution is -2.31. The number of carboxylic acid groups (broad SMARTS) is 1. The van der Waals surface area contributed by atoms with Crippen LogP contribution in [0.5, 0.6) is 0 Å². The summed E-state index contributed by atoms with van der Waals surface area (Å²) in [5.41, 5.74) is 3.75. The molecule has 0 aliphatic carbocycles. The normalized spacial score (nSPS) is 18.7. The Morgan fingerprint density at radius 3 is 2.40 bits per heavy atom. The second-order valence-corrected chi connectivity index (χ2v) is 10.1. The highest BCUT2D eigenvalue weighted by atomic mass is 32.2. The van der Waals surface area contributed by atoms with Crippen molar-refractivity contribution in [1.82, 2.24) is 9.97 Å². The number of thioether (sulfide) groups is 1. The van der Waals surface area contributed by atoms with Crippen molar-refractivity contribution < 1.29 is 29.3 Å². The van der Waals surface area contributed by atoms with Gasteiger partial charge in [0.25, 0.3) is 5.91 Å². The van der Waals surface area contributed by atoms with Crippen LogP contribution in [-0.2, 0) is 16.1 Å². The van der Waals surface area contributed by atoms with E-state index in [0.29, 0.717) is 28.5 Å². The van der Waals surface area contributed by atoms with Gasteiger partial charge in [0, 0.05) is 42.0 Å². The third kappa shape index (κ3) is 6.72. The summed E-state index contributed by atoms with van der Waals surface area (Å²) in [6.07, 6.45) is 4.00. The first kappa shape index (κ1) is 27.5. The van der Waals surface area contributed by atoms with Crippen LogP contribution in [0.15, 0.2) is 96.4 Å².